The number of anilines is 1. The average Bonchev–Trinajstić information content (AvgIpc) is 2.92. The van der Waals surface area contributed by atoms with Gasteiger partial charge in [0, 0.05) is 21.0 Å². The Kier molecular flexibility index (Phi) is 10.2. The zero-order chi connectivity index (χ0) is 21.4. The number of halogens is 1. The summed E-state index contributed by atoms with van der Waals surface area (Å²) < 4.78 is 0. The fourth-order valence-electron chi connectivity index (χ4n) is 3.02. The third-order valence-corrected chi connectivity index (χ3v) is 6.06. The average molecular weight is 423 g/mol. The van der Waals surface area contributed by atoms with E-state index < -0.39 is 0 Å². The normalized spacial score (nSPS) is 16.6. The van der Waals surface area contributed by atoms with Gasteiger partial charge in [0.1, 0.15) is 5.00 Å². The minimum Gasteiger partial charge on any atom is -0.330 e. The van der Waals surface area contributed by atoms with E-state index >= 15 is 0 Å². The molecule has 2 aromatic rings. The first-order valence-corrected chi connectivity index (χ1v) is 11.3. The van der Waals surface area contributed by atoms with E-state index in [-0.39, 0.29) is 12.3 Å². The van der Waals surface area contributed by atoms with E-state index in [0.717, 1.165) is 16.3 Å². The Morgan fingerprint density at radius 1 is 1.18 bits per heavy atom. The Morgan fingerprint density at radius 3 is 2.29 bits per heavy atom. The largest absolute Gasteiger partial charge is 0.330 e. The first-order chi connectivity index (χ1) is 13.4. The third-order valence-electron chi connectivity index (χ3n) is 4.58. The first-order valence-electron chi connectivity index (χ1n) is 10.1. The fraction of sp³-hybridized carbons (Fsp3) is 0.500. The lowest BCUT2D eigenvalue weighted by atomic mass is 10.00. The predicted octanol–water partition coefficient (Wildman–Crippen LogP) is 5.58. The molecule has 1 aromatic carbocycles. The highest BCUT2D eigenvalue weighted by Crippen LogP contribution is 2.39. The quantitative estimate of drug-likeness (QED) is 0.678. The Hall–Kier alpha value is -1.40. The van der Waals surface area contributed by atoms with Crippen LogP contribution in [0.3, 0.4) is 0 Å². The van der Waals surface area contributed by atoms with Gasteiger partial charge in [-0.3, -0.25) is 4.99 Å². The molecule has 0 aliphatic carbocycles. The molecule has 0 amide bonds. The van der Waals surface area contributed by atoms with Crippen molar-refractivity contribution < 1.29 is 0 Å². The zero-order valence-corrected chi connectivity index (χ0v) is 20.0. The van der Waals surface area contributed by atoms with Gasteiger partial charge in [-0.15, -0.1) is 11.3 Å². The van der Waals surface area contributed by atoms with Gasteiger partial charge in [0.15, 0.2) is 0 Å². The Balaban J connectivity index is 0.000000921. The molecule has 1 aliphatic heterocycles. The van der Waals surface area contributed by atoms with E-state index in [0.29, 0.717) is 6.54 Å². The van der Waals surface area contributed by atoms with Crippen LogP contribution in [-0.2, 0) is 0 Å². The van der Waals surface area contributed by atoms with Gasteiger partial charge < -0.3 is 16.0 Å². The molecule has 0 bridgehead atoms. The molecule has 2 heterocycles. The minimum absolute atomic E-state index is 0.135. The van der Waals surface area contributed by atoms with Crippen molar-refractivity contribution in [1.29, 1.82) is 0 Å². The molecular formula is C22H35ClN4S. The second-order valence-corrected chi connectivity index (χ2v) is 7.74. The topological polar surface area (TPSA) is 53.6 Å². The van der Waals surface area contributed by atoms with Gasteiger partial charge in [0.25, 0.3) is 0 Å². The summed E-state index contributed by atoms with van der Waals surface area (Å²) in [7, 11) is 1.95. The molecule has 0 spiro atoms. The van der Waals surface area contributed by atoms with Gasteiger partial charge in [-0.2, -0.15) is 0 Å². The minimum atomic E-state index is -0.159. The molecule has 3 rings (SSSR count). The molecule has 6 heteroatoms. The summed E-state index contributed by atoms with van der Waals surface area (Å²) in [4.78, 5) is 8.41. The maximum atomic E-state index is 6.46. The van der Waals surface area contributed by atoms with E-state index in [4.69, 9.17) is 22.3 Å². The van der Waals surface area contributed by atoms with Crippen molar-refractivity contribution in [2.45, 2.75) is 60.8 Å². The molecule has 2 atom stereocenters. The van der Waals surface area contributed by atoms with E-state index in [9.17, 15) is 0 Å². The summed E-state index contributed by atoms with van der Waals surface area (Å²) >= 11 is 7.84. The van der Waals surface area contributed by atoms with Crippen molar-refractivity contribution in [1.82, 2.24) is 5.32 Å². The van der Waals surface area contributed by atoms with Crippen molar-refractivity contribution in [3.63, 3.8) is 0 Å². The Labute approximate surface area is 179 Å². The monoisotopic (exact) mass is 422 g/mol. The summed E-state index contributed by atoms with van der Waals surface area (Å²) in [5, 5.41) is 5.22. The molecule has 1 aromatic heterocycles. The van der Waals surface area contributed by atoms with Crippen LogP contribution in [-0.4, -0.2) is 31.6 Å². The molecule has 0 fully saturated rings. The van der Waals surface area contributed by atoms with Crippen LogP contribution in [0.15, 0.2) is 29.3 Å². The summed E-state index contributed by atoms with van der Waals surface area (Å²) in [6, 6.07) is 7.87. The number of aryl methyl sites for hydroxylation is 1. The highest BCUT2D eigenvalue weighted by Gasteiger charge is 2.31. The summed E-state index contributed by atoms with van der Waals surface area (Å²) in [5.74, 6) is 0. The molecular weight excluding hydrogens is 388 g/mol. The highest BCUT2D eigenvalue weighted by atomic mass is 35.5. The van der Waals surface area contributed by atoms with Crippen LogP contribution >= 0.6 is 22.9 Å². The first kappa shape index (κ1) is 24.6. The molecule has 3 N–H and O–H groups in total. The van der Waals surface area contributed by atoms with Crippen molar-refractivity contribution in [3.8, 4) is 0 Å². The number of nitrogens with two attached hydrogens (primary N) is 1. The maximum Gasteiger partial charge on any atom is 0.103 e. The number of fused-ring (bicyclic) bond motifs is 1. The number of hydrogen-bond donors (Lipinski definition) is 2. The number of nitrogens with one attached hydrogen (secondary N) is 1. The van der Waals surface area contributed by atoms with Crippen LogP contribution in [0, 0.1) is 13.8 Å². The lowest BCUT2D eigenvalue weighted by molar-refractivity contribution is 0.500. The van der Waals surface area contributed by atoms with E-state index in [1.54, 1.807) is 11.3 Å². The lowest BCUT2D eigenvalue weighted by Crippen LogP contribution is -2.53. The molecule has 156 valence electrons. The number of nitrogens with zero attached hydrogens (tertiary/aromatic N) is 2. The fourth-order valence-corrected chi connectivity index (χ4v) is 4.44. The molecule has 28 heavy (non-hydrogen) atoms. The molecule has 0 saturated heterocycles. The Morgan fingerprint density at radius 2 is 1.75 bits per heavy atom. The van der Waals surface area contributed by atoms with Crippen LogP contribution < -0.4 is 16.0 Å². The van der Waals surface area contributed by atoms with Crippen LogP contribution in [0.2, 0.25) is 5.02 Å². The van der Waals surface area contributed by atoms with E-state index in [1.807, 2.05) is 59.0 Å². The maximum absolute atomic E-state index is 6.46. The summed E-state index contributed by atoms with van der Waals surface area (Å²) in [5.41, 5.74) is 11.0. The van der Waals surface area contributed by atoms with Crippen molar-refractivity contribution in [2.24, 2.45) is 10.7 Å². The van der Waals surface area contributed by atoms with Crippen LogP contribution in [0.4, 0.5) is 5.00 Å². The number of rotatable bonds is 3. The molecule has 4 nitrogen and oxygen atoms in total. The number of thiophene rings is 1. The van der Waals surface area contributed by atoms with Crippen LogP contribution in [0.25, 0.3) is 0 Å². The van der Waals surface area contributed by atoms with Gasteiger partial charge in [0.2, 0.25) is 0 Å². The molecule has 1 aliphatic rings. The molecule has 2 unspecified atom stereocenters. The van der Waals surface area contributed by atoms with E-state index in [2.05, 4.69) is 31.0 Å². The molecule has 0 radical (unpaired) electrons. The van der Waals surface area contributed by atoms with Gasteiger partial charge in [-0.1, -0.05) is 51.4 Å². The summed E-state index contributed by atoms with van der Waals surface area (Å²) in [6.07, 6.45) is -0.0237. The van der Waals surface area contributed by atoms with Crippen molar-refractivity contribution in [2.75, 3.05) is 18.5 Å². The van der Waals surface area contributed by atoms with Crippen LogP contribution in [0.5, 0.6) is 0 Å². The third kappa shape index (κ3) is 5.15. The standard InChI is InChI=1S/C18H23ClN4S.2C2H6/c1-10-11(2)24-18-16(10)17(13-5-7-14(19)8-6-13)22-9-15(20)23(18)12(3)21-4;2*1-2/h5-8,12,15,21H,9,20H2,1-4H3;2*1-2H3. The van der Waals surface area contributed by atoms with Crippen molar-refractivity contribution in [3.05, 3.63) is 50.9 Å². The van der Waals surface area contributed by atoms with Crippen LogP contribution in [0.1, 0.15) is 56.2 Å². The number of benzene rings is 1. The van der Waals surface area contributed by atoms with Gasteiger partial charge in [-0.05, 0) is 45.5 Å². The van der Waals surface area contributed by atoms with Gasteiger partial charge in [-0.25, -0.2) is 0 Å². The summed E-state index contributed by atoms with van der Waals surface area (Å²) in [6.45, 7) is 15.0. The molecule has 0 saturated carbocycles. The predicted molar refractivity (Wildman–Crippen MR) is 127 cm³/mol. The smallest absolute Gasteiger partial charge is 0.103 e. The number of hydrogen-bond acceptors (Lipinski definition) is 5. The van der Waals surface area contributed by atoms with E-state index in [1.165, 1.54) is 21.0 Å². The second kappa shape index (κ2) is 11.6. The van der Waals surface area contributed by atoms with Crippen molar-refractivity contribution >= 4 is 33.7 Å². The van der Waals surface area contributed by atoms with Gasteiger partial charge >= 0.3 is 0 Å². The van der Waals surface area contributed by atoms with Gasteiger partial charge in [0.05, 0.1) is 24.6 Å². The SMILES string of the molecule is CC.CC.CNC(C)N1c2sc(C)c(C)c2C(c2ccc(Cl)cc2)=NCC1N. The zero-order valence-electron chi connectivity index (χ0n) is 18.4. The number of aliphatic imine (C=N–C) groups is 1. The highest BCUT2D eigenvalue weighted by molar-refractivity contribution is 7.16. The second-order valence-electron chi connectivity index (χ2n) is 6.10. The lowest BCUT2D eigenvalue weighted by Gasteiger charge is -2.34. The Bertz CT molecular complexity index is 768.